The van der Waals surface area contributed by atoms with Gasteiger partial charge in [-0.2, -0.15) is 0 Å². The molecule has 1 saturated heterocycles. The average Bonchev–Trinajstić information content (AvgIpc) is 3.66. The molecule has 2 aromatic rings. The van der Waals surface area contributed by atoms with Crippen molar-refractivity contribution in [2.45, 2.75) is 76.4 Å². The Morgan fingerprint density at radius 3 is 2.51 bits per heavy atom. The molecule has 1 aromatic heterocycles. The van der Waals surface area contributed by atoms with E-state index in [9.17, 15) is 0 Å². The van der Waals surface area contributed by atoms with E-state index >= 15 is 0 Å². The highest BCUT2D eigenvalue weighted by atomic mass is 35.5. The number of ether oxygens (including phenoxy) is 2. The summed E-state index contributed by atoms with van der Waals surface area (Å²) in [5.41, 5.74) is 2.38. The summed E-state index contributed by atoms with van der Waals surface area (Å²) in [6.07, 6.45) is 9.45. The number of hydrogen-bond donors (Lipinski definition) is 0. The monoisotopic (exact) mass is 565 g/mol. The number of nitrogens with zero attached hydrogens (tertiary/aromatic N) is 3. The van der Waals surface area contributed by atoms with Crippen molar-refractivity contribution in [2.75, 3.05) is 26.7 Å². The Labute approximate surface area is 234 Å². The second-order valence-corrected chi connectivity index (χ2v) is 11.8. The smallest absolute Gasteiger partial charge is 0.162 e. The fourth-order valence-electron chi connectivity index (χ4n) is 4.45. The molecule has 1 unspecified atom stereocenters. The number of aromatic nitrogens is 1. The molecule has 2 fully saturated rings. The second-order valence-electron chi connectivity index (χ2n) is 9.63. The van der Waals surface area contributed by atoms with Crippen LogP contribution >= 0.6 is 35.0 Å². The van der Waals surface area contributed by atoms with E-state index in [-0.39, 0.29) is 6.10 Å². The van der Waals surface area contributed by atoms with Crippen molar-refractivity contribution in [1.29, 1.82) is 0 Å². The molecule has 0 N–H and O–H groups in total. The normalized spacial score (nSPS) is 19.1. The molecule has 4 rings (SSSR count). The molecule has 9 heteroatoms. The number of hydrogen-bond acceptors (Lipinski definition) is 6. The van der Waals surface area contributed by atoms with Gasteiger partial charge in [-0.05, 0) is 75.9 Å². The second kappa shape index (κ2) is 13.0. The molecule has 37 heavy (non-hydrogen) atoms. The summed E-state index contributed by atoms with van der Waals surface area (Å²) in [7, 11) is 1.75. The topological polar surface area (TPSA) is 60.1 Å². The van der Waals surface area contributed by atoms with Gasteiger partial charge in [0.1, 0.15) is 16.4 Å². The van der Waals surface area contributed by atoms with E-state index in [0.717, 1.165) is 68.2 Å². The van der Waals surface area contributed by atoms with Crippen molar-refractivity contribution in [1.82, 2.24) is 10.1 Å². The third-order valence-corrected chi connectivity index (χ3v) is 8.70. The van der Waals surface area contributed by atoms with Gasteiger partial charge in [-0.1, -0.05) is 47.4 Å². The van der Waals surface area contributed by atoms with Gasteiger partial charge in [-0.15, -0.1) is 0 Å². The zero-order valence-electron chi connectivity index (χ0n) is 22.1. The molecular weight excluding hydrogens is 529 g/mol. The maximum absolute atomic E-state index is 6.51. The van der Waals surface area contributed by atoms with Gasteiger partial charge < -0.3 is 18.9 Å². The first-order valence-electron chi connectivity index (χ1n) is 13.1. The van der Waals surface area contributed by atoms with Gasteiger partial charge in [0.05, 0.1) is 22.8 Å². The summed E-state index contributed by atoms with van der Waals surface area (Å²) in [5, 5.41) is 6.54. The summed E-state index contributed by atoms with van der Waals surface area (Å²) >= 11 is 14.7. The minimum atomic E-state index is -0.443. The van der Waals surface area contributed by atoms with Gasteiger partial charge in [0.15, 0.2) is 5.17 Å². The van der Waals surface area contributed by atoms with Crippen LogP contribution in [0.4, 0.5) is 0 Å². The average molecular weight is 567 g/mol. The third kappa shape index (κ3) is 7.12. The van der Waals surface area contributed by atoms with Crippen molar-refractivity contribution in [3.8, 4) is 11.3 Å². The lowest BCUT2D eigenvalue weighted by atomic mass is 10.0. The number of rotatable bonds is 10. The molecule has 0 bridgehead atoms. The molecule has 1 aliphatic heterocycles. The number of amidine groups is 1. The van der Waals surface area contributed by atoms with Crippen LogP contribution in [0.5, 0.6) is 0 Å². The van der Waals surface area contributed by atoms with E-state index in [4.69, 9.17) is 42.2 Å². The summed E-state index contributed by atoms with van der Waals surface area (Å²) in [5.74, 6) is 1.32. The van der Waals surface area contributed by atoms with Crippen molar-refractivity contribution >= 4 is 40.1 Å². The molecular formula is C28H37Cl2N3O3S. The Morgan fingerprint density at radius 2 is 1.92 bits per heavy atom. The van der Waals surface area contributed by atoms with Gasteiger partial charge in [0.2, 0.25) is 0 Å². The van der Waals surface area contributed by atoms with Crippen LogP contribution in [0.2, 0.25) is 10.0 Å². The van der Waals surface area contributed by atoms with E-state index in [1.54, 1.807) is 18.9 Å². The quantitative estimate of drug-likeness (QED) is 0.126. The predicted octanol–water partition coefficient (Wildman–Crippen LogP) is 7.94. The Hall–Kier alpha value is -1.51. The van der Waals surface area contributed by atoms with Gasteiger partial charge >= 0.3 is 0 Å². The molecule has 1 aromatic carbocycles. The van der Waals surface area contributed by atoms with Crippen molar-refractivity contribution in [3.63, 3.8) is 0 Å². The fourth-order valence-corrected chi connectivity index (χ4v) is 6.14. The van der Waals surface area contributed by atoms with E-state index < -0.39 is 4.93 Å². The van der Waals surface area contributed by atoms with Crippen LogP contribution in [0.3, 0.4) is 0 Å². The molecule has 0 spiro atoms. The van der Waals surface area contributed by atoms with Crippen LogP contribution in [0, 0.1) is 0 Å². The van der Waals surface area contributed by atoms with E-state index in [0.29, 0.717) is 33.8 Å². The lowest BCUT2D eigenvalue weighted by Crippen LogP contribution is -2.41. The molecule has 1 saturated carbocycles. The maximum atomic E-state index is 6.51. The number of piperidine rings is 1. The van der Waals surface area contributed by atoms with Crippen molar-refractivity contribution < 1.29 is 14.0 Å². The highest BCUT2D eigenvalue weighted by Gasteiger charge is 2.34. The van der Waals surface area contributed by atoms with Gasteiger partial charge in [0, 0.05) is 43.8 Å². The van der Waals surface area contributed by atoms with Gasteiger partial charge in [-0.25, -0.2) is 0 Å². The number of allylic oxidation sites excluding steroid dienone is 1. The maximum Gasteiger partial charge on any atom is 0.162 e. The summed E-state index contributed by atoms with van der Waals surface area (Å²) in [6.45, 7) is 9.23. The number of benzene rings is 1. The number of likely N-dealkylation sites (tertiary alicyclic amines) is 1. The van der Waals surface area contributed by atoms with Crippen LogP contribution in [0.25, 0.3) is 11.3 Å². The van der Waals surface area contributed by atoms with Gasteiger partial charge in [0.25, 0.3) is 0 Å². The van der Waals surface area contributed by atoms with Crippen molar-refractivity contribution in [3.05, 3.63) is 51.7 Å². The molecule has 0 amide bonds. The Morgan fingerprint density at radius 1 is 1.22 bits per heavy atom. The standard InChI is InChI=1S/C28H37Cl2N3O3S/c1-5-7-15-28(3,34-4)37-27(31-6-2)33-16-13-20(14-17-33)35-18-21-25(32-36-26(21)19-11-12-19)24-22(29)9-8-10-23(24)30/h7-10,15,19-20H,5-6,11-14,16-18H2,1-4H3/b15-7-,31-27-. The lowest BCUT2D eigenvalue weighted by molar-refractivity contribution is 0.00831. The lowest BCUT2D eigenvalue weighted by Gasteiger charge is -2.36. The number of aliphatic imine (C=N–C) groups is 1. The van der Waals surface area contributed by atoms with Crippen LogP contribution in [-0.4, -0.2) is 53.0 Å². The number of thioether (sulfide) groups is 1. The van der Waals surface area contributed by atoms with Crippen molar-refractivity contribution in [2.24, 2.45) is 4.99 Å². The molecule has 0 radical (unpaired) electrons. The van der Waals surface area contributed by atoms with Gasteiger partial charge in [-0.3, -0.25) is 4.99 Å². The van der Waals surface area contributed by atoms with Crippen LogP contribution in [-0.2, 0) is 16.1 Å². The third-order valence-electron chi connectivity index (χ3n) is 6.79. The summed E-state index contributed by atoms with van der Waals surface area (Å²) in [6, 6.07) is 5.49. The minimum absolute atomic E-state index is 0.148. The molecule has 1 aliphatic carbocycles. The van der Waals surface area contributed by atoms with E-state index in [1.807, 2.05) is 18.2 Å². The molecule has 202 valence electrons. The molecule has 6 nitrogen and oxygen atoms in total. The molecule has 2 aliphatic rings. The minimum Gasteiger partial charge on any atom is -0.373 e. The highest BCUT2D eigenvalue weighted by Crippen LogP contribution is 2.46. The van der Waals surface area contributed by atoms with E-state index in [1.165, 1.54) is 0 Å². The Balaban J connectivity index is 1.41. The Kier molecular flexibility index (Phi) is 10.0. The zero-order chi connectivity index (χ0) is 26.4. The van der Waals surface area contributed by atoms with Crippen LogP contribution in [0.1, 0.15) is 70.1 Å². The van der Waals surface area contributed by atoms with Crippen LogP contribution in [0.15, 0.2) is 39.9 Å². The van der Waals surface area contributed by atoms with Crippen LogP contribution < -0.4 is 0 Å². The number of methoxy groups -OCH3 is 1. The number of halogens is 2. The molecule has 2 heterocycles. The first kappa shape index (κ1) is 28.5. The first-order valence-corrected chi connectivity index (χ1v) is 14.7. The zero-order valence-corrected chi connectivity index (χ0v) is 24.5. The Bertz CT molecular complexity index is 1090. The largest absolute Gasteiger partial charge is 0.373 e. The SMILES string of the molecule is CC/C=C\C(C)(OC)S/C(=N\CC)N1CCC(OCc2c(-c3c(Cl)cccc3Cl)noc2C2CC2)CC1. The van der Waals surface area contributed by atoms with E-state index in [2.05, 4.69) is 43.0 Å². The molecule has 1 atom stereocenters. The summed E-state index contributed by atoms with van der Waals surface area (Å²) in [4.78, 5) is 6.72. The first-order chi connectivity index (χ1) is 17.9. The highest BCUT2D eigenvalue weighted by molar-refractivity contribution is 8.14. The fraction of sp³-hybridized carbons (Fsp3) is 0.571. The predicted molar refractivity (Wildman–Crippen MR) is 154 cm³/mol. The summed E-state index contributed by atoms with van der Waals surface area (Å²) < 4.78 is 18.1.